The van der Waals surface area contributed by atoms with Crippen LogP contribution in [0.3, 0.4) is 0 Å². The molecule has 3 heteroatoms. The van der Waals surface area contributed by atoms with E-state index in [2.05, 4.69) is 0 Å². The molecule has 0 heterocycles. The van der Waals surface area contributed by atoms with Gasteiger partial charge < -0.3 is 5.73 Å². The van der Waals surface area contributed by atoms with Crippen molar-refractivity contribution in [2.75, 3.05) is 0 Å². The predicted octanol–water partition coefficient (Wildman–Crippen LogP) is 1.32. The van der Waals surface area contributed by atoms with Gasteiger partial charge in [0.2, 0.25) is 5.91 Å². The van der Waals surface area contributed by atoms with Crippen LogP contribution in [-0.2, 0) is 4.79 Å². The fourth-order valence-corrected chi connectivity index (χ4v) is 0.752. The lowest BCUT2D eigenvalue weighted by Crippen LogP contribution is -2.04. The SMILES string of the molecule is NC(=O)/C=C\c1ccc(F)cc1. The molecule has 0 aliphatic carbocycles. The quantitative estimate of drug-likeness (QED) is 0.660. The van der Waals surface area contributed by atoms with Gasteiger partial charge in [0.25, 0.3) is 0 Å². The molecule has 0 aromatic heterocycles. The molecule has 1 rings (SSSR count). The second kappa shape index (κ2) is 3.67. The number of carbonyl (C=O) groups excluding carboxylic acids is 1. The molecule has 0 radical (unpaired) electrons. The van der Waals surface area contributed by atoms with E-state index in [1.807, 2.05) is 0 Å². The van der Waals surface area contributed by atoms with Crippen molar-refractivity contribution in [1.29, 1.82) is 0 Å². The van der Waals surface area contributed by atoms with E-state index in [1.165, 1.54) is 24.3 Å². The van der Waals surface area contributed by atoms with Crippen molar-refractivity contribution in [3.63, 3.8) is 0 Å². The molecule has 0 saturated carbocycles. The van der Waals surface area contributed by atoms with Crippen LogP contribution in [0.1, 0.15) is 5.56 Å². The Morgan fingerprint density at radius 2 is 1.92 bits per heavy atom. The van der Waals surface area contributed by atoms with Gasteiger partial charge in [-0.2, -0.15) is 0 Å². The first kappa shape index (κ1) is 8.46. The standard InChI is InChI=1S/C9H8FNO/c10-8-4-1-7(2-5-8)3-6-9(11)12/h1-6H,(H2,11,12)/b6-3-. The number of primary amides is 1. The summed E-state index contributed by atoms with van der Waals surface area (Å²) in [5.74, 6) is -0.814. The summed E-state index contributed by atoms with van der Waals surface area (Å²) in [5.41, 5.74) is 5.62. The highest BCUT2D eigenvalue weighted by atomic mass is 19.1. The van der Waals surface area contributed by atoms with E-state index in [0.717, 1.165) is 5.56 Å². The Balaban J connectivity index is 2.77. The summed E-state index contributed by atoms with van der Waals surface area (Å²) in [5, 5.41) is 0. The molecule has 0 aliphatic rings. The molecule has 0 fully saturated rings. The fraction of sp³-hybridized carbons (Fsp3) is 0. The van der Waals surface area contributed by atoms with Crippen molar-refractivity contribution in [3.05, 3.63) is 41.7 Å². The van der Waals surface area contributed by atoms with Crippen LogP contribution in [0, 0.1) is 5.82 Å². The van der Waals surface area contributed by atoms with E-state index >= 15 is 0 Å². The molecule has 0 unspecified atom stereocenters. The molecule has 0 bridgehead atoms. The zero-order chi connectivity index (χ0) is 8.97. The van der Waals surface area contributed by atoms with E-state index in [0.29, 0.717) is 0 Å². The maximum Gasteiger partial charge on any atom is 0.241 e. The Kier molecular flexibility index (Phi) is 2.58. The van der Waals surface area contributed by atoms with Crippen molar-refractivity contribution in [1.82, 2.24) is 0 Å². The minimum Gasteiger partial charge on any atom is -0.366 e. The number of benzene rings is 1. The van der Waals surface area contributed by atoms with Crippen molar-refractivity contribution in [3.8, 4) is 0 Å². The van der Waals surface area contributed by atoms with Crippen LogP contribution >= 0.6 is 0 Å². The third-order valence-electron chi connectivity index (χ3n) is 1.31. The van der Waals surface area contributed by atoms with Crippen LogP contribution in [0.25, 0.3) is 6.08 Å². The highest BCUT2D eigenvalue weighted by Crippen LogP contribution is 2.03. The molecular weight excluding hydrogens is 157 g/mol. The van der Waals surface area contributed by atoms with Gasteiger partial charge in [0.1, 0.15) is 5.82 Å². The first-order valence-electron chi connectivity index (χ1n) is 3.41. The van der Waals surface area contributed by atoms with Crippen molar-refractivity contribution in [2.24, 2.45) is 5.73 Å². The van der Waals surface area contributed by atoms with Gasteiger partial charge in [-0.05, 0) is 23.8 Å². The van der Waals surface area contributed by atoms with Gasteiger partial charge >= 0.3 is 0 Å². The zero-order valence-electron chi connectivity index (χ0n) is 6.33. The minimum absolute atomic E-state index is 0.300. The van der Waals surface area contributed by atoms with Gasteiger partial charge in [-0.25, -0.2) is 4.39 Å². The molecule has 2 N–H and O–H groups in total. The van der Waals surface area contributed by atoms with Crippen LogP contribution in [0.5, 0.6) is 0 Å². The molecule has 0 atom stereocenters. The highest BCUT2D eigenvalue weighted by molar-refractivity contribution is 5.90. The summed E-state index contributed by atoms with van der Waals surface area (Å²) in [6.07, 6.45) is 2.76. The van der Waals surface area contributed by atoms with Gasteiger partial charge in [0.15, 0.2) is 0 Å². The molecule has 0 saturated heterocycles. The summed E-state index contributed by atoms with van der Waals surface area (Å²) in [4.78, 5) is 10.3. The molecule has 1 amide bonds. The summed E-state index contributed by atoms with van der Waals surface area (Å²) in [7, 11) is 0. The van der Waals surface area contributed by atoms with Gasteiger partial charge in [-0.1, -0.05) is 12.1 Å². The highest BCUT2D eigenvalue weighted by Gasteiger charge is 1.89. The molecule has 1 aromatic carbocycles. The van der Waals surface area contributed by atoms with Gasteiger partial charge in [0.05, 0.1) is 0 Å². The van der Waals surface area contributed by atoms with Crippen LogP contribution in [-0.4, -0.2) is 5.91 Å². The molecule has 0 aliphatic heterocycles. The molecule has 1 aromatic rings. The summed E-state index contributed by atoms with van der Waals surface area (Å²) in [6, 6.07) is 5.77. The largest absolute Gasteiger partial charge is 0.366 e. The Hall–Kier alpha value is -1.64. The molecule has 62 valence electrons. The Bertz CT molecular complexity index is 303. The van der Waals surface area contributed by atoms with Gasteiger partial charge in [0, 0.05) is 6.08 Å². The topological polar surface area (TPSA) is 43.1 Å². The Morgan fingerprint density at radius 1 is 1.33 bits per heavy atom. The fourth-order valence-electron chi connectivity index (χ4n) is 0.752. The van der Waals surface area contributed by atoms with Crippen LogP contribution in [0.15, 0.2) is 30.3 Å². The molecule has 0 spiro atoms. The number of amides is 1. The number of hydrogen-bond acceptors (Lipinski definition) is 1. The average Bonchev–Trinajstić information content (AvgIpc) is 2.03. The number of rotatable bonds is 2. The summed E-state index contributed by atoms with van der Waals surface area (Å²) >= 11 is 0. The molecule has 2 nitrogen and oxygen atoms in total. The number of hydrogen-bond donors (Lipinski definition) is 1. The van der Waals surface area contributed by atoms with Crippen molar-refractivity contribution in [2.45, 2.75) is 0 Å². The Morgan fingerprint density at radius 3 is 2.42 bits per heavy atom. The lowest BCUT2D eigenvalue weighted by atomic mass is 10.2. The smallest absolute Gasteiger partial charge is 0.241 e. The number of carbonyl (C=O) groups is 1. The lowest BCUT2D eigenvalue weighted by Gasteiger charge is -1.90. The van der Waals surface area contributed by atoms with E-state index in [9.17, 15) is 9.18 Å². The lowest BCUT2D eigenvalue weighted by molar-refractivity contribution is -0.113. The monoisotopic (exact) mass is 165 g/mol. The van der Waals surface area contributed by atoms with Crippen molar-refractivity contribution < 1.29 is 9.18 Å². The number of nitrogens with two attached hydrogens (primary N) is 1. The second-order valence-electron chi connectivity index (χ2n) is 2.29. The van der Waals surface area contributed by atoms with E-state index in [-0.39, 0.29) is 5.82 Å². The summed E-state index contributed by atoms with van der Waals surface area (Å²) < 4.78 is 12.4. The van der Waals surface area contributed by atoms with Crippen LogP contribution < -0.4 is 5.73 Å². The van der Waals surface area contributed by atoms with E-state index in [4.69, 9.17) is 5.73 Å². The van der Waals surface area contributed by atoms with Crippen LogP contribution in [0.4, 0.5) is 4.39 Å². The minimum atomic E-state index is -0.515. The second-order valence-corrected chi connectivity index (χ2v) is 2.29. The van der Waals surface area contributed by atoms with E-state index in [1.54, 1.807) is 12.1 Å². The molecule has 12 heavy (non-hydrogen) atoms. The maximum absolute atomic E-state index is 12.4. The normalized spacial score (nSPS) is 10.4. The third-order valence-corrected chi connectivity index (χ3v) is 1.31. The van der Waals surface area contributed by atoms with Gasteiger partial charge in [-0.3, -0.25) is 4.79 Å². The first-order chi connectivity index (χ1) is 5.68. The first-order valence-corrected chi connectivity index (χ1v) is 3.41. The summed E-state index contributed by atoms with van der Waals surface area (Å²) in [6.45, 7) is 0. The maximum atomic E-state index is 12.4. The predicted molar refractivity (Wildman–Crippen MR) is 44.6 cm³/mol. The molecular formula is C9H8FNO. The number of halogens is 1. The third kappa shape index (κ3) is 2.54. The van der Waals surface area contributed by atoms with Gasteiger partial charge in [-0.15, -0.1) is 0 Å². The Labute approximate surface area is 69.5 Å². The van der Waals surface area contributed by atoms with E-state index < -0.39 is 5.91 Å². The van der Waals surface area contributed by atoms with Crippen LogP contribution in [0.2, 0.25) is 0 Å². The van der Waals surface area contributed by atoms with Crippen molar-refractivity contribution >= 4 is 12.0 Å². The zero-order valence-corrected chi connectivity index (χ0v) is 6.33. The average molecular weight is 165 g/mol.